The van der Waals surface area contributed by atoms with E-state index >= 15 is 0 Å². The molecule has 128 valence electrons. The zero-order chi connectivity index (χ0) is 16.9. The molecule has 1 aromatic heterocycles. The van der Waals surface area contributed by atoms with Crippen molar-refractivity contribution in [2.75, 3.05) is 6.54 Å². The molecule has 24 heavy (non-hydrogen) atoms. The van der Waals surface area contributed by atoms with E-state index in [-0.39, 0.29) is 12.0 Å². The fourth-order valence-corrected chi connectivity index (χ4v) is 3.31. The predicted molar refractivity (Wildman–Crippen MR) is 95.6 cm³/mol. The monoisotopic (exact) mass is 326 g/mol. The number of hydrogen-bond donors (Lipinski definition) is 0. The Morgan fingerprint density at radius 3 is 2.83 bits per heavy atom. The summed E-state index contributed by atoms with van der Waals surface area (Å²) in [6, 6.07) is 12.2. The molecule has 1 saturated heterocycles. The third-order valence-corrected chi connectivity index (χ3v) is 4.74. The van der Waals surface area contributed by atoms with Gasteiger partial charge in [0.05, 0.1) is 30.0 Å². The second-order valence-corrected chi connectivity index (χ2v) is 6.59. The molecule has 1 aromatic carbocycles. The summed E-state index contributed by atoms with van der Waals surface area (Å²) in [5, 5.41) is 1.13. The molecule has 4 heteroatoms. The molecule has 1 aliphatic heterocycles. The average Bonchev–Trinajstić information content (AvgIpc) is 3.02. The number of ether oxygens (including phenoxy) is 1. The maximum absolute atomic E-state index is 12.5. The first-order valence-corrected chi connectivity index (χ1v) is 8.93. The van der Waals surface area contributed by atoms with Crippen molar-refractivity contribution in [1.29, 1.82) is 0 Å². The Labute approximate surface area is 143 Å². The van der Waals surface area contributed by atoms with Crippen molar-refractivity contribution in [2.24, 2.45) is 0 Å². The standard InChI is InChI=1S/C20H26N2O2/c1-3-22(20(23)13-12-18-11-8-15(2)24-18)14-17-10-9-16-6-4-5-7-19(16)21-17/h4-7,9-10,15,18H,3,8,11-14H2,1-2H3/t15-,18-/m0/s1. The van der Waals surface area contributed by atoms with Gasteiger partial charge in [-0.05, 0) is 45.2 Å². The quantitative estimate of drug-likeness (QED) is 0.808. The van der Waals surface area contributed by atoms with Crippen molar-refractivity contribution in [1.82, 2.24) is 9.88 Å². The molecular formula is C20H26N2O2. The Balaban J connectivity index is 1.59. The Morgan fingerprint density at radius 2 is 2.08 bits per heavy atom. The highest BCUT2D eigenvalue weighted by molar-refractivity contribution is 5.79. The number of pyridine rings is 1. The van der Waals surface area contributed by atoms with E-state index in [0.29, 0.717) is 25.6 Å². The van der Waals surface area contributed by atoms with Gasteiger partial charge in [0.25, 0.3) is 0 Å². The second-order valence-electron chi connectivity index (χ2n) is 6.59. The van der Waals surface area contributed by atoms with Crippen molar-refractivity contribution >= 4 is 16.8 Å². The minimum atomic E-state index is 0.190. The molecule has 1 fully saturated rings. The molecule has 0 bridgehead atoms. The Hall–Kier alpha value is -1.94. The molecule has 0 N–H and O–H groups in total. The molecular weight excluding hydrogens is 300 g/mol. The third-order valence-electron chi connectivity index (χ3n) is 4.74. The minimum Gasteiger partial charge on any atom is -0.375 e. The molecule has 3 rings (SSSR count). The molecule has 0 unspecified atom stereocenters. The van der Waals surface area contributed by atoms with E-state index in [1.807, 2.05) is 36.1 Å². The second kappa shape index (κ2) is 7.75. The highest BCUT2D eigenvalue weighted by atomic mass is 16.5. The number of hydrogen-bond acceptors (Lipinski definition) is 3. The van der Waals surface area contributed by atoms with Crippen molar-refractivity contribution in [2.45, 2.75) is 58.3 Å². The van der Waals surface area contributed by atoms with E-state index < -0.39 is 0 Å². The number of para-hydroxylation sites is 1. The molecule has 1 aliphatic rings. The lowest BCUT2D eigenvalue weighted by Crippen LogP contribution is -2.31. The third kappa shape index (κ3) is 4.12. The topological polar surface area (TPSA) is 42.4 Å². The van der Waals surface area contributed by atoms with Crippen molar-refractivity contribution in [3.8, 4) is 0 Å². The highest BCUT2D eigenvalue weighted by Crippen LogP contribution is 2.23. The molecule has 2 aromatic rings. The maximum atomic E-state index is 12.5. The molecule has 0 aliphatic carbocycles. The summed E-state index contributed by atoms with van der Waals surface area (Å²) in [5.41, 5.74) is 1.92. The smallest absolute Gasteiger partial charge is 0.223 e. The number of amides is 1. The fraction of sp³-hybridized carbons (Fsp3) is 0.500. The van der Waals surface area contributed by atoms with Crippen LogP contribution in [-0.2, 0) is 16.1 Å². The summed E-state index contributed by atoms with van der Waals surface area (Å²) in [6.07, 6.45) is 4.16. The summed E-state index contributed by atoms with van der Waals surface area (Å²) >= 11 is 0. The summed E-state index contributed by atoms with van der Waals surface area (Å²) in [6.45, 7) is 5.40. The van der Waals surface area contributed by atoms with E-state index in [9.17, 15) is 4.79 Å². The number of fused-ring (bicyclic) bond motifs is 1. The lowest BCUT2D eigenvalue weighted by atomic mass is 10.1. The number of nitrogens with zero attached hydrogens (tertiary/aromatic N) is 2. The van der Waals surface area contributed by atoms with Gasteiger partial charge in [-0.25, -0.2) is 0 Å². The fourth-order valence-electron chi connectivity index (χ4n) is 3.31. The van der Waals surface area contributed by atoms with Crippen LogP contribution in [0.2, 0.25) is 0 Å². The van der Waals surface area contributed by atoms with Gasteiger partial charge in [0.2, 0.25) is 5.91 Å². The van der Waals surface area contributed by atoms with E-state index in [4.69, 9.17) is 4.74 Å². The molecule has 0 saturated carbocycles. The number of benzene rings is 1. The van der Waals surface area contributed by atoms with Crippen LogP contribution in [0.5, 0.6) is 0 Å². The molecule has 4 nitrogen and oxygen atoms in total. The van der Waals surface area contributed by atoms with Gasteiger partial charge in [-0.3, -0.25) is 9.78 Å². The first-order chi connectivity index (χ1) is 11.7. The number of rotatable bonds is 6. The molecule has 0 spiro atoms. The van der Waals surface area contributed by atoms with Crippen LogP contribution in [0.25, 0.3) is 10.9 Å². The van der Waals surface area contributed by atoms with Gasteiger partial charge in [0, 0.05) is 18.4 Å². The van der Waals surface area contributed by atoms with Gasteiger partial charge in [-0.2, -0.15) is 0 Å². The van der Waals surface area contributed by atoms with E-state index in [2.05, 4.69) is 24.0 Å². The lowest BCUT2D eigenvalue weighted by molar-refractivity contribution is -0.132. The zero-order valence-corrected chi connectivity index (χ0v) is 14.6. The zero-order valence-electron chi connectivity index (χ0n) is 14.6. The van der Waals surface area contributed by atoms with Gasteiger partial charge in [-0.1, -0.05) is 24.3 Å². The van der Waals surface area contributed by atoms with Gasteiger partial charge in [-0.15, -0.1) is 0 Å². The number of aromatic nitrogens is 1. The molecule has 0 radical (unpaired) electrons. The number of carbonyl (C=O) groups excluding carboxylic acids is 1. The van der Waals surface area contributed by atoms with E-state index in [1.54, 1.807) is 0 Å². The van der Waals surface area contributed by atoms with Crippen LogP contribution >= 0.6 is 0 Å². The summed E-state index contributed by atoms with van der Waals surface area (Å²) in [5.74, 6) is 0.190. The van der Waals surface area contributed by atoms with Crippen LogP contribution in [0.4, 0.5) is 0 Å². The van der Waals surface area contributed by atoms with Crippen LogP contribution in [0.15, 0.2) is 36.4 Å². The normalized spacial score (nSPS) is 20.4. The first kappa shape index (κ1) is 16.9. The maximum Gasteiger partial charge on any atom is 0.223 e. The Morgan fingerprint density at radius 1 is 1.25 bits per heavy atom. The van der Waals surface area contributed by atoms with Gasteiger partial charge in [0.15, 0.2) is 0 Å². The van der Waals surface area contributed by atoms with Gasteiger partial charge >= 0.3 is 0 Å². The Bertz CT molecular complexity index is 701. The first-order valence-electron chi connectivity index (χ1n) is 8.93. The van der Waals surface area contributed by atoms with Crippen molar-refractivity contribution < 1.29 is 9.53 Å². The molecule has 2 atom stereocenters. The average molecular weight is 326 g/mol. The summed E-state index contributed by atoms with van der Waals surface area (Å²) in [4.78, 5) is 19.1. The summed E-state index contributed by atoms with van der Waals surface area (Å²) in [7, 11) is 0. The summed E-state index contributed by atoms with van der Waals surface area (Å²) < 4.78 is 5.81. The van der Waals surface area contributed by atoms with Crippen LogP contribution in [-0.4, -0.2) is 34.5 Å². The number of carbonyl (C=O) groups is 1. The van der Waals surface area contributed by atoms with E-state index in [1.165, 1.54) is 0 Å². The van der Waals surface area contributed by atoms with Crippen LogP contribution < -0.4 is 0 Å². The molecule has 1 amide bonds. The largest absolute Gasteiger partial charge is 0.375 e. The SMILES string of the molecule is CCN(Cc1ccc2ccccc2n1)C(=O)CC[C@@H]1CC[C@H](C)O1. The minimum absolute atomic E-state index is 0.190. The van der Waals surface area contributed by atoms with Crippen molar-refractivity contribution in [3.63, 3.8) is 0 Å². The molecule has 2 heterocycles. The highest BCUT2D eigenvalue weighted by Gasteiger charge is 2.23. The van der Waals surface area contributed by atoms with Gasteiger partial charge in [0.1, 0.15) is 0 Å². The lowest BCUT2D eigenvalue weighted by Gasteiger charge is -2.21. The Kier molecular flexibility index (Phi) is 5.46. The predicted octanol–water partition coefficient (Wildman–Crippen LogP) is 3.93. The van der Waals surface area contributed by atoms with Gasteiger partial charge < -0.3 is 9.64 Å². The van der Waals surface area contributed by atoms with E-state index in [0.717, 1.165) is 35.9 Å². The van der Waals surface area contributed by atoms with Crippen molar-refractivity contribution in [3.05, 3.63) is 42.1 Å². The van der Waals surface area contributed by atoms with Crippen LogP contribution in [0.3, 0.4) is 0 Å². The van der Waals surface area contributed by atoms with Crippen LogP contribution in [0, 0.1) is 0 Å². The van der Waals surface area contributed by atoms with Crippen LogP contribution in [0.1, 0.15) is 45.2 Å².